The van der Waals surface area contributed by atoms with Crippen LogP contribution in [0.15, 0.2) is 0 Å². The van der Waals surface area contributed by atoms with Crippen molar-refractivity contribution in [3.63, 3.8) is 0 Å². The second-order valence-electron chi connectivity index (χ2n) is 3.93. The minimum atomic E-state index is -1.14. The van der Waals surface area contributed by atoms with E-state index in [0.717, 1.165) is 0 Å². The van der Waals surface area contributed by atoms with Gasteiger partial charge in [0.25, 0.3) is 0 Å². The standard InChI is InChI=1S/C9H18O5/c1-5-7(6(11)4-10)14-8(13-3)9(5,2)12/h5-8,10-12H,4H2,1-3H3/t5-,6?,7+,8+,9+/m1/s1. The summed E-state index contributed by atoms with van der Waals surface area (Å²) in [7, 11) is 1.43. The molecule has 0 amide bonds. The van der Waals surface area contributed by atoms with E-state index < -0.39 is 24.1 Å². The van der Waals surface area contributed by atoms with Crippen LogP contribution < -0.4 is 0 Å². The fourth-order valence-electron chi connectivity index (χ4n) is 1.77. The fourth-order valence-corrected chi connectivity index (χ4v) is 1.77. The van der Waals surface area contributed by atoms with Gasteiger partial charge < -0.3 is 24.8 Å². The highest BCUT2D eigenvalue weighted by Gasteiger charge is 2.52. The minimum Gasteiger partial charge on any atom is -0.394 e. The number of hydrogen-bond acceptors (Lipinski definition) is 5. The Hall–Kier alpha value is -0.200. The molecular weight excluding hydrogens is 188 g/mol. The summed E-state index contributed by atoms with van der Waals surface area (Å²) >= 11 is 0. The second kappa shape index (κ2) is 4.12. The van der Waals surface area contributed by atoms with Crippen LogP contribution >= 0.6 is 0 Å². The molecule has 0 aromatic heterocycles. The first kappa shape index (κ1) is 11.9. The molecule has 1 aliphatic rings. The molecule has 0 aliphatic carbocycles. The van der Waals surface area contributed by atoms with Crippen LogP contribution in [-0.4, -0.2) is 53.1 Å². The van der Waals surface area contributed by atoms with Gasteiger partial charge >= 0.3 is 0 Å². The number of ether oxygens (including phenoxy) is 2. The molecule has 3 N–H and O–H groups in total. The van der Waals surface area contributed by atoms with Gasteiger partial charge in [-0.1, -0.05) is 6.92 Å². The summed E-state index contributed by atoms with van der Waals surface area (Å²) in [6, 6.07) is 0. The van der Waals surface area contributed by atoms with Gasteiger partial charge in [0.05, 0.1) is 12.7 Å². The lowest BCUT2D eigenvalue weighted by atomic mass is 9.87. The van der Waals surface area contributed by atoms with E-state index in [2.05, 4.69) is 0 Å². The Kier molecular flexibility index (Phi) is 3.49. The van der Waals surface area contributed by atoms with Crippen LogP contribution in [0, 0.1) is 5.92 Å². The Morgan fingerprint density at radius 1 is 1.57 bits per heavy atom. The van der Waals surface area contributed by atoms with Crippen LogP contribution in [-0.2, 0) is 9.47 Å². The van der Waals surface area contributed by atoms with E-state index in [1.165, 1.54) is 7.11 Å². The summed E-state index contributed by atoms with van der Waals surface area (Å²) in [5.74, 6) is -0.297. The van der Waals surface area contributed by atoms with Crippen LogP contribution in [0.25, 0.3) is 0 Å². The van der Waals surface area contributed by atoms with Gasteiger partial charge in [-0.3, -0.25) is 0 Å². The van der Waals surface area contributed by atoms with E-state index in [0.29, 0.717) is 0 Å². The van der Waals surface area contributed by atoms with Gasteiger partial charge in [0, 0.05) is 13.0 Å². The van der Waals surface area contributed by atoms with Crippen molar-refractivity contribution in [2.24, 2.45) is 5.92 Å². The van der Waals surface area contributed by atoms with Crippen molar-refractivity contribution in [2.75, 3.05) is 13.7 Å². The lowest BCUT2D eigenvalue weighted by molar-refractivity contribution is -0.191. The fraction of sp³-hybridized carbons (Fsp3) is 1.00. The summed E-state index contributed by atoms with van der Waals surface area (Å²) in [5.41, 5.74) is -1.14. The first-order valence-electron chi connectivity index (χ1n) is 4.64. The summed E-state index contributed by atoms with van der Waals surface area (Å²) in [5, 5.41) is 28.2. The van der Waals surface area contributed by atoms with Gasteiger partial charge in [-0.15, -0.1) is 0 Å². The predicted molar refractivity (Wildman–Crippen MR) is 48.6 cm³/mol. The quantitative estimate of drug-likeness (QED) is 0.557. The number of rotatable bonds is 3. The van der Waals surface area contributed by atoms with E-state index >= 15 is 0 Å². The lowest BCUT2D eigenvalue weighted by Crippen LogP contribution is -2.42. The average Bonchev–Trinajstić information content (AvgIpc) is 2.38. The van der Waals surface area contributed by atoms with Crippen molar-refractivity contribution in [1.82, 2.24) is 0 Å². The van der Waals surface area contributed by atoms with Gasteiger partial charge in [-0.25, -0.2) is 0 Å². The van der Waals surface area contributed by atoms with E-state index in [1.807, 2.05) is 0 Å². The van der Waals surface area contributed by atoms with E-state index in [-0.39, 0.29) is 12.5 Å². The molecule has 1 heterocycles. The molecule has 1 saturated heterocycles. The molecule has 0 spiro atoms. The molecule has 0 aromatic rings. The number of aliphatic hydroxyl groups excluding tert-OH is 2. The number of hydrogen-bond donors (Lipinski definition) is 3. The Morgan fingerprint density at radius 2 is 2.14 bits per heavy atom. The molecule has 5 heteroatoms. The SMILES string of the molecule is CO[C@H]1O[C@H](C(O)CO)[C@@H](C)[C@]1(C)O. The molecule has 5 atom stereocenters. The molecule has 1 unspecified atom stereocenters. The third-order valence-corrected chi connectivity index (χ3v) is 2.95. The van der Waals surface area contributed by atoms with Gasteiger partial charge in [-0.2, -0.15) is 0 Å². The predicted octanol–water partition coefficient (Wildman–Crippen LogP) is -0.902. The zero-order valence-corrected chi connectivity index (χ0v) is 8.67. The highest BCUT2D eigenvalue weighted by molar-refractivity contribution is 4.96. The summed E-state index contributed by atoms with van der Waals surface area (Å²) < 4.78 is 10.3. The molecule has 14 heavy (non-hydrogen) atoms. The monoisotopic (exact) mass is 206 g/mol. The molecule has 1 rings (SSSR count). The normalized spacial score (nSPS) is 45.4. The highest BCUT2D eigenvalue weighted by Crippen LogP contribution is 2.37. The van der Waals surface area contributed by atoms with Gasteiger partial charge in [0.2, 0.25) is 0 Å². The van der Waals surface area contributed by atoms with E-state index in [1.54, 1.807) is 13.8 Å². The average molecular weight is 206 g/mol. The van der Waals surface area contributed by atoms with Crippen LogP contribution in [0.1, 0.15) is 13.8 Å². The maximum absolute atomic E-state index is 9.99. The van der Waals surface area contributed by atoms with Crippen LogP contribution in [0.5, 0.6) is 0 Å². The van der Waals surface area contributed by atoms with Crippen molar-refractivity contribution in [1.29, 1.82) is 0 Å². The summed E-state index contributed by atoms with van der Waals surface area (Å²) in [4.78, 5) is 0. The first-order valence-corrected chi connectivity index (χ1v) is 4.64. The molecule has 5 nitrogen and oxygen atoms in total. The maximum atomic E-state index is 9.99. The van der Waals surface area contributed by atoms with Gasteiger partial charge in [0.15, 0.2) is 6.29 Å². The van der Waals surface area contributed by atoms with Crippen LogP contribution in [0.3, 0.4) is 0 Å². The second-order valence-corrected chi connectivity index (χ2v) is 3.93. The van der Waals surface area contributed by atoms with Gasteiger partial charge in [-0.05, 0) is 6.92 Å². The number of methoxy groups -OCH3 is 1. The van der Waals surface area contributed by atoms with Crippen molar-refractivity contribution < 1.29 is 24.8 Å². The van der Waals surface area contributed by atoms with Crippen molar-refractivity contribution >= 4 is 0 Å². The topological polar surface area (TPSA) is 79.2 Å². The van der Waals surface area contributed by atoms with Crippen molar-refractivity contribution in [2.45, 2.75) is 37.9 Å². The third kappa shape index (κ3) is 1.78. The maximum Gasteiger partial charge on any atom is 0.186 e. The zero-order chi connectivity index (χ0) is 10.9. The first-order chi connectivity index (χ1) is 6.45. The molecule has 0 aromatic carbocycles. The molecule has 84 valence electrons. The molecule has 0 radical (unpaired) electrons. The Morgan fingerprint density at radius 3 is 2.50 bits per heavy atom. The van der Waals surface area contributed by atoms with Gasteiger partial charge in [0.1, 0.15) is 11.7 Å². The third-order valence-electron chi connectivity index (χ3n) is 2.95. The summed E-state index contributed by atoms with van der Waals surface area (Å²) in [6.45, 7) is 2.96. The lowest BCUT2D eigenvalue weighted by Gasteiger charge is -2.26. The Labute approximate surface area is 83.3 Å². The molecule has 0 bridgehead atoms. The number of aliphatic hydroxyl groups is 3. The molecule has 1 fully saturated rings. The molecule has 1 aliphatic heterocycles. The molecule has 0 saturated carbocycles. The smallest absolute Gasteiger partial charge is 0.186 e. The Balaban J connectivity index is 2.76. The van der Waals surface area contributed by atoms with Crippen LogP contribution in [0.4, 0.5) is 0 Å². The highest BCUT2D eigenvalue weighted by atomic mass is 16.7. The largest absolute Gasteiger partial charge is 0.394 e. The van der Waals surface area contributed by atoms with Crippen molar-refractivity contribution in [3.05, 3.63) is 0 Å². The molecular formula is C9H18O5. The van der Waals surface area contributed by atoms with E-state index in [4.69, 9.17) is 14.6 Å². The van der Waals surface area contributed by atoms with E-state index in [9.17, 15) is 10.2 Å². The van der Waals surface area contributed by atoms with Crippen LogP contribution in [0.2, 0.25) is 0 Å². The Bertz CT molecular complexity index is 194. The van der Waals surface area contributed by atoms with Crippen molar-refractivity contribution in [3.8, 4) is 0 Å². The zero-order valence-electron chi connectivity index (χ0n) is 8.67. The minimum absolute atomic E-state index is 0.297. The summed E-state index contributed by atoms with van der Waals surface area (Å²) in [6.07, 6.45) is -2.35.